The van der Waals surface area contributed by atoms with E-state index in [2.05, 4.69) is 50.4 Å². The van der Waals surface area contributed by atoms with Crippen LogP contribution in [0, 0.1) is 0 Å². The van der Waals surface area contributed by atoms with Gasteiger partial charge in [-0.15, -0.1) is 0 Å². The van der Waals surface area contributed by atoms with E-state index in [1.807, 2.05) is 11.8 Å². The van der Waals surface area contributed by atoms with Crippen LogP contribution < -0.4 is 5.32 Å². The number of thioether (sulfide) groups is 1. The third-order valence-electron chi connectivity index (χ3n) is 2.65. The highest BCUT2D eigenvalue weighted by Gasteiger charge is 1.97. The summed E-state index contributed by atoms with van der Waals surface area (Å²) in [7, 11) is 0. The minimum Gasteiger partial charge on any atom is -0.385 e. The molecule has 0 heterocycles. The molecule has 0 saturated carbocycles. The van der Waals surface area contributed by atoms with E-state index in [1.54, 1.807) is 0 Å². The number of hydrogen-bond acceptors (Lipinski definition) is 2. The first-order chi connectivity index (χ1) is 8.22. The van der Waals surface area contributed by atoms with Gasteiger partial charge in [0.15, 0.2) is 0 Å². The monoisotopic (exact) mass is 251 g/mol. The maximum Gasteiger partial charge on any atom is 0.0340 e. The molecule has 1 nitrogen and oxygen atoms in total. The molecule has 0 atom stereocenters. The molecule has 96 valence electrons. The molecule has 0 aliphatic rings. The summed E-state index contributed by atoms with van der Waals surface area (Å²) in [5.74, 6) is 1.12. The number of nitrogens with one attached hydrogen (secondary N) is 1. The standard InChI is InChI=1S/C15H25NS/c1-4-5-6-11-16-15-9-7-14(8-10-15)12-17-13(2)3/h7-10,13,16H,4-6,11-12H2,1-3H3. The summed E-state index contributed by atoms with van der Waals surface area (Å²) < 4.78 is 0. The van der Waals surface area contributed by atoms with Crippen LogP contribution in [0.25, 0.3) is 0 Å². The Balaban J connectivity index is 2.29. The van der Waals surface area contributed by atoms with Gasteiger partial charge in [0, 0.05) is 18.0 Å². The molecule has 0 aromatic heterocycles. The fraction of sp³-hybridized carbons (Fsp3) is 0.600. The average molecular weight is 251 g/mol. The van der Waals surface area contributed by atoms with Gasteiger partial charge >= 0.3 is 0 Å². The molecular weight excluding hydrogens is 226 g/mol. The van der Waals surface area contributed by atoms with Gasteiger partial charge in [-0.3, -0.25) is 0 Å². The maximum atomic E-state index is 3.46. The summed E-state index contributed by atoms with van der Waals surface area (Å²) in [5, 5.41) is 4.17. The number of hydrogen-bond donors (Lipinski definition) is 1. The molecule has 0 bridgehead atoms. The summed E-state index contributed by atoms with van der Waals surface area (Å²) in [5.41, 5.74) is 2.67. The van der Waals surface area contributed by atoms with Crippen molar-refractivity contribution in [3.63, 3.8) is 0 Å². The van der Waals surface area contributed by atoms with Crippen molar-refractivity contribution in [1.29, 1.82) is 0 Å². The van der Waals surface area contributed by atoms with Gasteiger partial charge in [-0.2, -0.15) is 11.8 Å². The second-order valence-electron chi connectivity index (χ2n) is 4.69. The van der Waals surface area contributed by atoms with Crippen LogP contribution in [-0.2, 0) is 5.75 Å². The lowest BCUT2D eigenvalue weighted by Crippen LogP contribution is -2.01. The van der Waals surface area contributed by atoms with Crippen LogP contribution >= 0.6 is 11.8 Å². The van der Waals surface area contributed by atoms with Gasteiger partial charge in [0.05, 0.1) is 0 Å². The summed E-state index contributed by atoms with van der Waals surface area (Å²) in [6.45, 7) is 7.82. The highest BCUT2D eigenvalue weighted by Crippen LogP contribution is 2.18. The third-order valence-corrected chi connectivity index (χ3v) is 3.81. The van der Waals surface area contributed by atoms with Gasteiger partial charge in [-0.05, 0) is 29.4 Å². The molecule has 0 spiro atoms. The molecule has 0 saturated heterocycles. The second-order valence-corrected chi connectivity index (χ2v) is 6.26. The number of anilines is 1. The molecule has 17 heavy (non-hydrogen) atoms. The molecule has 1 rings (SSSR count). The maximum absolute atomic E-state index is 3.46. The van der Waals surface area contributed by atoms with Crippen LogP contribution in [0.15, 0.2) is 24.3 Å². The van der Waals surface area contributed by atoms with Crippen LogP contribution in [0.3, 0.4) is 0 Å². The first kappa shape index (κ1) is 14.4. The van der Waals surface area contributed by atoms with E-state index in [1.165, 1.54) is 30.5 Å². The van der Waals surface area contributed by atoms with Gasteiger partial charge in [-0.25, -0.2) is 0 Å². The lowest BCUT2D eigenvalue weighted by Gasteiger charge is -2.08. The van der Waals surface area contributed by atoms with E-state index >= 15 is 0 Å². The predicted octanol–water partition coefficient (Wildman–Crippen LogP) is 4.93. The van der Waals surface area contributed by atoms with E-state index in [9.17, 15) is 0 Å². The molecule has 0 aliphatic carbocycles. The van der Waals surface area contributed by atoms with Crippen molar-refractivity contribution in [2.75, 3.05) is 11.9 Å². The van der Waals surface area contributed by atoms with Crippen molar-refractivity contribution in [1.82, 2.24) is 0 Å². The van der Waals surface area contributed by atoms with Crippen molar-refractivity contribution >= 4 is 17.4 Å². The van der Waals surface area contributed by atoms with Crippen LogP contribution in [0.2, 0.25) is 0 Å². The molecular formula is C15H25NS. The molecule has 2 heteroatoms. The Morgan fingerprint density at radius 3 is 2.41 bits per heavy atom. The predicted molar refractivity (Wildman–Crippen MR) is 80.9 cm³/mol. The molecule has 1 aromatic carbocycles. The lowest BCUT2D eigenvalue weighted by atomic mass is 10.2. The minimum absolute atomic E-state index is 0.710. The molecule has 0 aliphatic heterocycles. The second kappa shape index (κ2) is 8.46. The Kier molecular flexibility index (Phi) is 7.18. The van der Waals surface area contributed by atoms with Crippen LogP contribution in [0.5, 0.6) is 0 Å². The van der Waals surface area contributed by atoms with E-state index in [0.29, 0.717) is 5.25 Å². The molecule has 1 aromatic rings. The topological polar surface area (TPSA) is 12.0 Å². The summed E-state index contributed by atoms with van der Waals surface area (Å²) in [4.78, 5) is 0. The Morgan fingerprint density at radius 2 is 1.82 bits per heavy atom. The van der Waals surface area contributed by atoms with E-state index < -0.39 is 0 Å². The van der Waals surface area contributed by atoms with E-state index in [4.69, 9.17) is 0 Å². The summed E-state index contributed by atoms with van der Waals surface area (Å²) in [6.07, 6.45) is 3.87. The van der Waals surface area contributed by atoms with Crippen molar-refractivity contribution in [3.8, 4) is 0 Å². The first-order valence-corrected chi connectivity index (χ1v) is 7.71. The minimum atomic E-state index is 0.710. The average Bonchev–Trinajstić information content (AvgIpc) is 2.33. The lowest BCUT2D eigenvalue weighted by molar-refractivity contribution is 0.744. The Morgan fingerprint density at radius 1 is 1.12 bits per heavy atom. The van der Waals surface area contributed by atoms with E-state index in [-0.39, 0.29) is 0 Å². The SMILES string of the molecule is CCCCCNc1ccc(CSC(C)C)cc1. The quantitative estimate of drug-likeness (QED) is 0.657. The van der Waals surface area contributed by atoms with Crippen molar-refractivity contribution in [3.05, 3.63) is 29.8 Å². The Labute approximate surface area is 110 Å². The molecule has 0 radical (unpaired) electrons. The summed E-state index contributed by atoms with van der Waals surface area (Å²) >= 11 is 1.99. The zero-order chi connectivity index (χ0) is 12.5. The van der Waals surface area contributed by atoms with Crippen molar-refractivity contribution in [2.24, 2.45) is 0 Å². The van der Waals surface area contributed by atoms with Crippen LogP contribution in [-0.4, -0.2) is 11.8 Å². The zero-order valence-electron chi connectivity index (χ0n) is 11.3. The van der Waals surface area contributed by atoms with Crippen LogP contribution in [0.1, 0.15) is 45.6 Å². The normalized spacial score (nSPS) is 10.8. The molecule has 0 fully saturated rings. The van der Waals surface area contributed by atoms with Crippen LogP contribution in [0.4, 0.5) is 5.69 Å². The zero-order valence-corrected chi connectivity index (χ0v) is 12.1. The highest BCUT2D eigenvalue weighted by molar-refractivity contribution is 7.99. The Hall–Kier alpha value is -0.630. The smallest absolute Gasteiger partial charge is 0.0340 e. The van der Waals surface area contributed by atoms with Gasteiger partial charge in [0.1, 0.15) is 0 Å². The van der Waals surface area contributed by atoms with Crippen molar-refractivity contribution < 1.29 is 0 Å². The fourth-order valence-corrected chi connectivity index (χ4v) is 2.31. The third kappa shape index (κ3) is 6.62. The summed E-state index contributed by atoms with van der Waals surface area (Å²) in [6, 6.07) is 8.86. The van der Waals surface area contributed by atoms with Gasteiger partial charge in [-0.1, -0.05) is 45.7 Å². The van der Waals surface area contributed by atoms with Gasteiger partial charge in [0.25, 0.3) is 0 Å². The molecule has 0 unspecified atom stereocenters. The fourth-order valence-electron chi connectivity index (χ4n) is 1.59. The highest BCUT2D eigenvalue weighted by atomic mass is 32.2. The van der Waals surface area contributed by atoms with Crippen molar-refractivity contribution in [2.45, 2.75) is 51.0 Å². The number of rotatable bonds is 8. The number of benzene rings is 1. The van der Waals surface area contributed by atoms with E-state index in [0.717, 1.165) is 12.3 Å². The largest absolute Gasteiger partial charge is 0.385 e. The van der Waals surface area contributed by atoms with Gasteiger partial charge in [0.2, 0.25) is 0 Å². The molecule has 1 N–H and O–H groups in total. The first-order valence-electron chi connectivity index (χ1n) is 6.66. The Bertz CT molecular complexity index is 292. The molecule has 0 amide bonds. The number of unbranched alkanes of at least 4 members (excludes halogenated alkanes) is 2. The van der Waals surface area contributed by atoms with Gasteiger partial charge < -0.3 is 5.32 Å².